The minimum atomic E-state index is -0.412. The molecule has 0 saturated heterocycles. The van der Waals surface area contributed by atoms with Gasteiger partial charge in [0.05, 0.1) is 0 Å². The molecule has 102 valence electrons. The molecule has 0 heterocycles. The maximum atomic E-state index is 11.5. The van der Waals surface area contributed by atoms with E-state index in [2.05, 4.69) is 12.2 Å². The summed E-state index contributed by atoms with van der Waals surface area (Å²) in [6.07, 6.45) is 7.04. The molecule has 17 heavy (non-hydrogen) atoms. The summed E-state index contributed by atoms with van der Waals surface area (Å²) >= 11 is 0. The highest BCUT2D eigenvalue weighted by Crippen LogP contribution is 2.09. The minimum Gasteiger partial charge on any atom is -0.444 e. The molecule has 3 heteroatoms. The number of hydrogen-bond donors (Lipinski definition) is 1. The van der Waals surface area contributed by atoms with Crippen molar-refractivity contribution in [2.75, 3.05) is 0 Å². The summed E-state index contributed by atoms with van der Waals surface area (Å²) in [6, 6.07) is 0.200. The lowest BCUT2D eigenvalue weighted by Crippen LogP contribution is -2.37. The second kappa shape index (κ2) is 8.37. The molecule has 0 aromatic rings. The van der Waals surface area contributed by atoms with E-state index in [4.69, 9.17) is 4.74 Å². The van der Waals surface area contributed by atoms with Gasteiger partial charge in [-0.25, -0.2) is 4.79 Å². The van der Waals surface area contributed by atoms with Crippen molar-refractivity contribution in [2.24, 2.45) is 0 Å². The zero-order chi connectivity index (χ0) is 13.3. The molecular weight excluding hydrogens is 214 g/mol. The molecule has 0 rings (SSSR count). The summed E-state index contributed by atoms with van der Waals surface area (Å²) in [4.78, 5) is 11.5. The topological polar surface area (TPSA) is 38.3 Å². The van der Waals surface area contributed by atoms with Crippen LogP contribution in [-0.4, -0.2) is 17.7 Å². The molecule has 0 aromatic heterocycles. The molecule has 0 aliphatic carbocycles. The molecular formula is C14H29NO2. The maximum Gasteiger partial charge on any atom is 0.407 e. The Kier molecular flexibility index (Phi) is 8.01. The van der Waals surface area contributed by atoms with E-state index in [0.717, 1.165) is 6.42 Å². The van der Waals surface area contributed by atoms with Crippen molar-refractivity contribution in [3.63, 3.8) is 0 Å². The Labute approximate surface area is 106 Å². The zero-order valence-corrected chi connectivity index (χ0v) is 12.1. The number of nitrogens with one attached hydrogen (secondary N) is 1. The van der Waals surface area contributed by atoms with E-state index in [0.29, 0.717) is 0 Å². The lowest BCUT2D eigenvalue weighted by Gasteiger charge is -2.21. The number of hydrogen-bond acceptors (Lipinski definition) is 2. The summed E-state index contributed by atoms with van der Waals surface area (Å²) in [7, 11) is 0. The highest BCUT2D eigenvalue weighted by molar-refractivity contribution is 5.67. The fourth-order valence-electron chi connectivity index (χ4n) is 1.63. The van der Waals surface area contributed by atoms with Crippen molar-refractivity contribution < 1.29 is 9.53 Å². The van der Waals surface area contributed by atoms with E-state index in [1.807, 2.05) is 27.7 Å². The van der Waals surface area contributed by atoms with Crippen molar-refractivity contribution in [1.29, 1.82) is 0 Å². The summed E-state index contributed by atoms with van der Waals surface area (Å²) in [5, 5.41) is 2.87. The SMILES string of the molecule is CCCCCCCC(C)NC(=O)OC(C)(C)C. The highest BCUT2D eigenvalue weighted by atomic mass is 16.6. The summed E-state index contributed by atoms with van der Waals surface area (Å²) in [5.41, 5.74) is -0.412. The minimum absolute atomic E-state index is 0.200. The molecule has 1 amide bonds. The van der Waals surface area contributed by atoms with E-state index in [9.17, 15) is 4.79 Å². The Hall–Kier alpha value is -0.730. The van der Waals surface area contributed by atoms with Crippen molar-refractivity contribution in [1.82, 2.24) is 5.32 Å². The van der Waals surface area contributed by atoms with E-state index in [1.165, 1.54) is 32.1 Å². The second-order valence-electron chi connectivity index (χ2n) is 5.75. The third-order valence-corrected chi connectivity index (χ3v) is 2.50. The number of ether oxygens (including phenoxy) is 1. The molecule has 1 unspecified atom stereocenters. The van der Waals surface area contributed by atoms with Crippen LogP contribution in [-0.2, 0) is 4.74 Å². The molecule has 3 nitrogen and oxygen atoms in total. The van der Waals surface area contributed by atoms with Gasteiger partial charge < -0.3 is 10.1 Å². The molecule has 0 spiro atoms. The molecule has 1 atom stereocenters. The van der Waals surface area contributed by atoms with Crippen LogP contribution in [0.15, 0.2) is 0 Å². The Balaban J connectivity index is 3.57. The first-order valence-electron chi connectivity index (χ1n) is 6.84. The van der Waals surface area contributed by atoms with Crippen molar-refractivity contribution in [3.8, 4) is 0 Å². The Morgan fingerprint density at radius 1 is 1.18 bits per heavy atom. The van der Waals surface area contributed by atoms with Gasteiger partial charge in [0.1, 0.15) is 5.60 Å². The van der Waals surface area contributed by atoms with Crippen LogP contribution in [0.1, 0.15) is 73.1 Å². The van der Waals surface area contributed by atoms with Gasteiger partial charge in [-0.15, -0.1) is 0 Å². The normalized spacial score (nSPS) is 13.2. The monoisotopic (exact) mass is 243 g/mol. The van der Waals surface area contributed by atoms with Gasteiger partial charge in [0.25, 0.3) is 0 Å². The third kappa shape index (κ3) is 11.5. The van der Waals surface area contributed by atoms with E-state index < -0.39 is 5.60 Å². The fraction of sp³-hybridized carbons (Fsp3) is 0.929. The van der Waals surface area contributed by atoms with Gasteiger partial charge in [0.15, 0.2) is 0 Å². The van der Waals surface area contributed by atoms with Crippen LogP contribution < -0.4 is 5.32 Å². The molecule has 1 N–H and O–H groups in total. The van der Waals surface area contributed by atoms with E-state index in [-0.39, 0.29) is 12.1 Å². The number of carbonyl (C=O) groups is 1. The Morgan fingerprint density at radius 3 is 2.29 bits per heavy atom. The first kappa shape index (κ1) is 16.3. The Bertz CT molecular complexity index is 209. The number of unbranched alkanes of at least 4 members (excludes halogenated alkanes) is 4. The van der Waals surface area contributed by atoms with Crippen LogP contribution in [0.4, 0.5) is 4.79 Å². The van der Waals surface area contributed by atoms with Crippen LogP contribution in [0.25, 0.3) is 0 Å². The van der Waals surface area contributed by atoms with Gasteiger partial charge >= 0.3 is 6.09 Å². The van der Waals surface area contributed by atoms with E-state index in [1.54, 1.807) is 0 Å². The van der Waals surface area contributed by atoms with Crippen LogP contribution in [0.3, 0.4) is 0 Å². The third-order valence-electron chi connectivity index (χ3n) is 2.50. The van der Waals surface area contributed by atoms with Gasteiger partial charge in [-0.2, -0.15) is 0 Å². The average Bonchev–Trinajstić information content (AvgIpc) is 2.14. The van der Waals surface area contributed by atoms with Crippen LogP contribution in [0.5, 0.6) is 0 Å². The fourth-order valence-corrected chi connectivity index (χ4v) is 1.63. The van der Waals surface area contributed by atoms with Crippen LogP contribution in [0, 0.1) is 0 Å². The average molecular weight is 243 g/mol. The molecule has 0 fully saturated rings. The molecule has 0 bridgehead atoms. The smallest absolute Gasteiger partial charge is 0.407 e. The molecule has 0 radical (unpaired) electrons. The van der Waals surface area contributed by atoms with Crippen LogP contribution in [0.2, 0.25) is 0 Å². The second-order valence-corrected chi connectivity index (χ2v) is 5.75. The van der Waals surface area contributed by atoms with Crippen molar-refractivity contribution in [3.05, 3.63) is 0 Å². The number of rotatable bonds is 7. The first-order valence-corrected chi connectivity index (χ1v) is 6.84. The maximum absolute atomic E-state index is 11.5. The Morgan fingerprint density at radius 2 is 1.76 bits per heavy atom. The molecule has 0 aliphatic rings. The lowest BCUT2D eigenvalue weighted by atomic mass is 10.1. The highest BCUT2D eigenvalue weighted by Gasteiger charge is 2.17. The summed E-state index contributed by atoms with van der Waals surface area (Å²) in [5.74, 6) is 0. The van der Waals surface area contributed by atoms with Crippen molar-refractivity contribution >= 4 is 6.09 Å². The number of alkyl carbamates (subject to hydrolysis) is 1. The number of amides is 1. The summed E-state index contributed by atoms with van der Waals surface area (Å²) < 4.78 is 5.20. The molecule has 0 aromatic carbocycles. The zero-order valence-electron chi connectivity index (χ0n) is 12.1. The lowest BCUT2D eigenvalue weighted by molar-refractivity contribution is 0.0506. The largest absolute Gasteiger partial charge is 0.444 e. The van der Waals surface area contributed by atoms with Gasteiger partial charge in [0.2, 0.25) is 0 Å². The molecule has 0 saturated carbocycles. The first-order chi connectivity index (χ1) is 7.85. The molecule has 0 aliphatic heterocycles. The van der Waals surface area contributed by atoms with Crippen molar-refractivity contribution in [2.45, 2.75) is 84.8 Å². The van der Waals surface area contributed by atoms with Gasteiger partial charge in [-0.1, -0.05) is 39.0 Å². The van der Waals surface area contributed by atoms with Gasteiger partial charge in [0, 0.05) is 6.04 Å². The van der Waals surface area contributed by atoms with Gasteiger partial charge in [-0.3, -0.25) is 0 Å². The predicted octanol–water partition coefficient (Wildman–Crippen LogP) is 4.26. The van der Waals surface area contributed by atoms with Gasteiger partial charge in [-0.05, 0) is 34.1 Å². The predicted molar refractivity (Wildman–Crippen MR) is 72.2 cm³/mol. The van der Waals surface area contributed by atoms with Crippen LogP contribution >= 0.6 is 0 Å². The summed E-state index contributed by atoms with van der Waals surface area (Å²) in [6.45, 7) is 9.88. The number of carbonyl (C=O) groups excluding carboxylic acids is 1. The quantitative estimate of drug-likeness (QED) is 0.678. The van der Waals surface area contributed by atoms with E-state index >= 15 is 0 Å². The standard InChI is InChI=1S/C14H29NO2/c1-6-7-8-9-10-11-12(2)15-13(16)17-14(3,4)5/h12H,6-11H2,1-5H3,(H,15,16).